The molecular formula is C15H19NOS. The summed E-state index contributed by atoms with van der Waals surface area (Å²) in [6.45, 7) is 3.51. The molecule has 0 aliphatic heterocycles. The van der Waals surface area contributed by atoms with Crippen LogP contribution in [0.15, 0.2) is 73.5 Å². The molecule has 0 saturated carbocycles. The van der Waals surface area contributed by atoms with Crippen LogP contribution in [0.2, 0.25) is 0 Å². The van der Waals surface area contributed by atoms with E-state index in [0.29, 0.717) is 5.75 Å². The van der Waals surface area contributed by atoms with Gasteiger partial charge >= 0.3 is 0 Å². The molecule has 0 saturated heterocycles. The van der Waals surface area contributed by atoms with Crippen LogP contribution in [0.25, 0.3) is 0 Å². The van der Waals surface area contributed by atoms with Crippen LogP contribution in [0.3, 0.4) is 0 Å². The molecule has 0 heterocycles. The summed E-state index contributed by atoms with van der Waals surface area (Å²) in [4.78, 5) is 10.8. The van der Waals surface area contributed by atoms with Crippen molar-refractivity contribution in [3.8, 4) is 0 Å². The van der Waals surface area contributed by atoms with E-state index in [1.807, 2.05) is 42.7 Å². The topological polar surface area (TPSA) is 29.1 Å². The summed E-state index contributed by atoms with van der Waals surface area (Å²) in [6.07, 6.45) is 10.5. The van der Waals surface area contributed by atoms with Gasteiger partial charge in [0.2, 0.25) is 5.91 Å². The molecule has 0 radical (unpaired) electrons. The van der Waals surface area contributed by atoms with Crippen LogP contribution in [-0.4, -0.2) is 17.9 Å². The van der Waals surface area contributed by atoms with Crippen molar-refractivity contribution in [3.05, 3.63) is 73.5 Å². The van der Waals surface area contributed by atoms with Gasteiger partial charge in [-0.15, -0.1) is 0 Å². The largest absolute Gasteiger partial charge is 0.332 e. The van der Waals surface area contributed by atoms with Gasteiger partial charge in [-0.2, -0.15) is 11.8 Å². The van der Waals surface area contributed by atoms with Crippen molar-refractivity contribution < 1.29 is 4.79 Å². The quantitative estimate of drug-likeness (QED) is 0.823. The van der Waals surface area contributed by atoms with Crippen molar-refractivity contribution in [2.45, 2.75) is 0 Å². The highest BCUT2D eigenvalue weighted by atomic mass is 32.2. The number of carbonyl (C=O) groups excluding carboxylic acids is 1. The predicted molar refractivity (Wildman–Crippen MR) is 81.4 cm³/mol. The molecule has 1 N–H and O–H groups in total. The average Bonchev–Trinajstić information content (AvgIpc) is 2.41. The van der Waals surface area contributed by atoms with Crippen LogP contribution in [0.4, 0.5) is 0 Å². The maximum absolute atomic E-state index is 10.8. The first-order valence-corrected chi connectivity index (χ1v) is 6.93. The Morgan fingerprint density at radius 2 is 1.67 bits per heavy atom. The Kier molecular flexibility index (Phi) is 12.0. The minimum atomic E-state index is 0.0192. The van der Waals surface area contributed by atoms with Crippen LogP contribution in [-0.2, 0) is 4.79 Å². The summed E-state index contributed by atoms with van der Waals surface area (Å²) in [6, 6.07) is 12.0. The standard InChI is InChI=1S/C9H13NOS.C6H6/c1-3-4-5-6-7-10-9(11)8-12-2;1-2-4-6-5-3-1/h3-7H,1,8H2,2H3,(H,10,11);1-6H/b5-4-,7-6-;. The van der Waals surface area contributed by atoms with Crippen molar-refractivity contribution in [1.82, 2.24) is 5.32 Å². The van der Waals surface area contributed by atoms with Crippen LogP contribution >= 0.6 is 11.8 Å². The minimum absolute atomic E-state index is 0.0192. The molecule has 0 aliphatic rings. The Morgan fingerprint density at radius 1 is 1.11 bits per heavy atom. The van der Waals surface area contributed by atoms with E-state index in [0.717, 1.165) is 0 Å². The highest BCUT2D eigenvalue weighted by molar-refractivity contribution is 7.99. The lowest BCUT2D eigenvalue weighted by molar-refractivity contribution is -0.117. The van der Waals surface area contributed by atoms with Gasteiger partial charge in [0, 0.05) is 6.20 Å². The van der Waals surface area contributed by atoms with E-state index in [1.54, 1.807) is 30.5 Å². The lowest BCUT2D eigenvalue weighted by Gasteiger charge is -1.94. The van der Waals surface area contributed by atoms with E-state index in [4.69, 9.17) is 0 Å². The van der Waals surface area contributed by atoms with Gasteiger partial charge in [0.1, 0.15) is 0 Å². The molecule has 0 aromatic heterocycles. The van der Waals surface area contributed by atoms with E-state index in [1.165, 1.54) is 11.8 Å². The highest BCUT2D eigenvalue weighted by Gasteiger charge is 1.92. The fourth-order valence-corrected chi connectivity index (χ4v) is 1.24. The van der Waals surface area contributed by atoms with E-state index >= 15 is 0 Å². The highest BCUT2D eigenvalue weighted by Crippen LogP contribution is 1.88. The number of carbonyl (C=O) groups is 1. The van der Waals surface area contributed by atoms with Gasteiger partial charge in [-0.3, -0.25) is 4.79 Å². The molecule has 1 aromatic rings. The molecule has 1 aromatic carbocycles. The first-order chi connectivity index (χ1) is 8.81. The Morgan fingerprint density at radius 3 is 2.11 bits per heavy atom. The second-order valence-corrected chi connectivity index (χ2v) is 4.00. The van der Waals surface area contributed by atoms with Crippen LogP contribution in [0, 0.1) is 0 Å². The molecule has 2 nitrogen and oxygen atoms in total. The molecule has 18 heavy (non-hydrogen) atoms. The normalized spacial score (nSPS) is 9.83. The minimum Gasteiger partial charge on any atom is -0.332 e. The third kappa shape index (κ3) is 12.3. The number of thioether (sulfide) groups is 1. The van der Waals surface area contributed by atoms with Crippen LogP contribution < -0.4 is 5.32 Å². The van der Waals surface area contributed by atoms with Gasteiger partial charge in [-0.25, -0.2) is 0 Å². The number of allylic oxidation sites excluding steroid dienone is 4. The molecule has 0 aliphatic carbocycles. The van der Waals surface area contributed by atoms with Gasteiger partial charge in [0.25, 0.3) is 0 Å². The zero-order chi connectivity index (χ0) is 13.5. The Hall–Kier alpha value is -1.74. The zero-order valence-corrected chi connectivity index (χ0v) is 11.4. The second-order valence-electron chi connectivity index (χ2n) is 3.13. The molecule has 0 atom stereocenters. The number of hydrogen-bond acceptors (Lipinski definition) is 2. The molecule has 3 heteroatoms. The number of benzene rings is 1. The Balaban J connectivity index is 0.000000397. The maximum Gasteiger partial charge on any atom is 0.233 e. The van der Waals surface area contributed by atoms with E-state index in [9.17, 15) is 4.79 Å². The molecule has 1 rings (SSSR count). The number of hydrogen-bond donors (Lipinski definition) is 1. The monoisotopic (exact) mass is 261 g/mol. The number of rotatable bonds is 5. The summed E-state index contributed by atoms with van der Waals surface area (Å²) in [5.41, 5.74) is 0. The first kappa shape index (κ1) is 16.3. The maximum atomic E-state index is 10.8. The first-order valence-electron chi connectivity index (χ1n) is 5.53. The third-order valence-electron chi connectivity index (χ3n) is 1.64. The molecule has 0 bridgehead atoms. The van der Waals surface area contributed by atoms with Gasteiger partial charge in [0.05, 0.1) is 5.75 Å². The molecule has 0 spiro atoms. The van der Waals surface area contributed by atoms with E-state index < -0.39 is 0 Å². The molecule has 0 unspecified atom stereocenters. The van der Waals surface area contributed by atoms with Crippen molar-refractivity contribution in [2.24, 2.45) is 0 Å². The number of nitrogens with one attached hydrogen (secondary N) is 1. The number of amides is 1. The molecule has 96 valence electrons. The summed E-state index contributed by atoms with van der Waals surface area (Å²) in [5, 5.41) is 2.62. The van der Waals surface area contributed by atoms with Crippen LogP contribution in [0.5, 0.6) is 0 Å². The smallest absolute Gasteiger partial charge is 0.233 e. The summed E-state index contributed by atoms with van der Waals surface area (Å²) < 4.78 is 0. The van der Waals surface area contributed by atoms with E-state index in [-0.39, 0.29) is 5.91 Å². The van der Waals surface area contributed by atoms with Gasteiger partial charge in [-0.1, -0.05) is 61.2 Å². The molecule has 1 amide bonds. The summed E-state index contributed by atoms with van der Waals surface area (Å²) in [5.74, 6) is 0.515. The van der Waals surface area contributed by atoms with Gasteiger partial charge in [0.15, 0.2) is 0 Å². The van der Waals surface area contributed by atoms with Crippen molar-refractivity contribution >= 4 is 17.7 Å². The summed E-state index contributed by atoms with van der Waals surface area (Å²) >= 11 is 1.50. The Bertz CT molecular complexity index is 345. The lowest BCUT2D eigenvalue weighted by Crippen LogP contribution is -2.18. The van der Waals surface area contributed by atoms with Crippen molar-refractivity contribution in [3.63, 3.8) is 0 Å². The fourth-order valence-electron chi connectivity index (χ4n) is 0.897. The van der Waals surface area contributed by atoms with Crippen molar-refractivity contribution in [2.75, 3.05) is 12.0 Å². The van der Waals surface area contributed by atoms with Crippen LogP contribution in [0.1, 0.15) is 0 Å². The van der Waals surface area contributed by atoms with Gasteiger partial charge < -0.3 is 5.32 Å². The third-order valence-corrected chi connectivity index (χ3v) is 2.19. The Labute approximate surface area is 113 Å². The zero-order valence-electron chi connectivity index (χ0n) is 10.6. The second kappa shape index (κ2) is 13.3. The average molecular weight is 261 g/mol. The fraction of sp³-hybridized carbons (Fsp3) is 0.133. The SMILES string of the molecule is C=C/C=C\C=C/NC(=O)CSC.c1ccccc1. The van der Waals surface area contributed by atoms with Crippen molar-refractivity contribution in [1.29, 1.82) is 0 Å². The lowest BCUT2D eigenvalue weighted by atomic mass is 10.4. The molecular weight excluding hydrogens is 242 g/mol. The van der Waals surface area contributed by atoms with Gasteiger partial charge in [-0.05, 0) is 12.3 Å². The predicted octanol–water partition coefficient (Wildman–Crippen LogP) is 3.41. The van der Waals surface area contributed by atoms with E-state index in [2.05, 4.69) is 11.9 Å². The summed E-state index contributed by atoms with van der Waals surface area (Å²) in [7, 11) is 0. The molecule has 0 fully saturated rings.